The normalized spacial score (nSPS) is 11.9. The lowest BCUT2D eigenvalue weighted by atomic mass is 10.0. The molecule has 2 rings (SSSR count). The van der Waals surface area contributed by atoms with E-state index in [0.29, 0.717) is 5.69 Å². The van der Waals surface area contributed by atoms with E-state index in [0.717, 1.165) is 10.9 Å². The number of carbonyl (C=O) groups is 2. The van der Waals surface area contributed by atoms with Crippen molar-refractivity contribution in [1.82, 2.24) is 10.3 Å². The third kappa shape index (κ3) is 6.06. The molecule has 0 atom stereocenters. The average molecular weight is 343 g/mol. The smallest absolute Gasteiger partial charge is 0.408 e. The summed E-state index contributed by atoms with van der Waals surface area (Å²) in [5, 5.41) is 6.53. The average Bonchev–Trinajstić information content (AvgIpc) is 2.43. The molecular weight excluding hydrogens is 318 g/mol. The lowest BCUT2D eigenvalue weighted by Crippen LogP contribution is -2.47. The van der Waals surface area contributed by atoms with E-state index in [1.165, 1.54) is 0 Å². The summed E-state index contributed by atoms with van der Waals surface area (Å²) >= 11 is 0. The Morgan fingerprint density at radius 3 is 2.52 bits per heavy atom. The van der Waals surface area contributed by atoms with Crippen molar-refractivity contribution < 1.29 is 14.3 Å². The van der Waals surface area contributed by atoms with Gasteiger partial charge < -0.3 is 15.4 Å². The van der Waals surface area contributed by atoms with Gasteiger partial charge in [0.25, 0.3) is 0 Å². The minimum Gasteiger partial charge on any atom is -0.444 e. The summed E-state index contributed by atoms with van der Waals surface area (Å²) in [5.74, 6) is -0.190. The van der Waals surface area contributed by atoms with Crippen molar-refractivity contribution >= 4 is 28.6 Å². The molecule has 0 saturated carbocycles. The van der Waals surface area contributed by atoms with Crippen LogP contribution in [0.5, 0.6) is 0 Å². The molecule has 6 nitrogen and oxygen atoms in total. The van der Waals surface area contributed by atoms with Crippen molar-refractivity contribution in [3.8, 4) is 0 Å². The Morgan fingerprint density at radius 2 is 1.84 bits per heavy atom. The summed E-state index contributed by atoms with van der Waals surface area (Å²) in [6, 6.07) is 9.32. The number of ether oxygens (including phenoxy) is 1. The third-order valence-corrected chi connectivity index (χ3v) is 3.33. The number of anilines is 1. The number of nitrogens with zero attached hydrogens (tertiary/aromatic N) is 1. The molecule has 0 aliphatic carbocycles. The number of amides is 2. The fraction of sp³-hybridized carbons (Fsp3) is 0.421. The van der Waals surface area contributed by atoms with Gasteiger partial charge in [-0.25, -0.2) is 4.79 Å². The first-order chi connectivity index (χ1) is 11.5. The second kappa shape index (κ2) is 7.09. The zero-order valence-electron chi connectivity index (χ0n) is 15.3. The highest BCUT2D eigenvalue weighted by molar-refractivity contribution is 5.94. The molecule has 1 heterocycles. The monoisotopic (exact) mass is 343 g/mol. The van der Waals surface area contributed by atoms with E-state index >= 15 is 0 Å². The number of rotatable bonds is 4. The first kappa shape index (κ1) is 18.7. The quantitative estimate of drug-likeness (QED) is 0.883. The number of hydrogen-bond acceptors (Lipinski definition) is 4. The number of carbonyl (C=O) groups excluding carboxylic acids is 2. The van der Waals surface area contributed by atoms with Gasteiger partial charge in [0, 0.05) is 29.2 Å². The molecule has 2 N–H and O–H groups in total. The summed E-state index contributed by atoms with van der Waals surface area (Å²) in [7, 11) is 0. The van der Waals surface area contributed by atoms with Gasteiger partial charge in [0.1, 0.15) is 5.60 Å². The molecule has 2 amide bonds. The summed E-state index contributed by atoms with van der Waals surface area (Å²) < 4.78 is 5.23. The third-order valence-electron chi connectivity index (χ3n) is 3.33. The Bertz CT molecular complexity index is 779. The highest BCUT2D eigenvalue weighted by Gasteiger charge is 2.27. The van der Waals surface area contributed by atoms with Crippen molar-refractivity contribution in [3.05, 3.63) is 36.5 Å². The van der Waals surface area contributed by atoms with Crippen molar-refractivity contribution in [2.75, 3.05) is 5.32 Å². The molecule has 0 bridgehead atoms. The predicted molar refractivity (Wildman–Crippen MR) is 98.4 cm³/mol. The Labute approximate surface area is 148 Å². The van der Waals surface area contributed by atoms with Crippen molar-refractivity contribution in [2.45, 2.75) is 52.2 Å². The number of aromatic nitrogens is 1. The van der Waals surface area contributed by atoms with E-state index in [4.69, 9.17) is 4.74 Å². The van der Waals surface area contributed by atoms with Gasteiger partial charge in [-0.15, -0.1) is 0 Å². The molecule has 2 aromatic rings. The standard InChI is InChI=1S/C19H25N3O3/c1-18(2,3)25-17(24)22-19(4,5)12-16(23)21-14-8-9-15-13(11-14)7-6-10-20-15/h6-11H,12H2,1-5H3,(H,21,23)(H,22,24). The minimum atomic E-state index is -0.731. The maximum Gasteiger partial charge on any atom is 0.408 e. The van der Waals surface area contributed by atoms with E-state index in [2.05, 4.69) is 15.6 Å². The van der Waals surface area contributed by atoms with Crippen LogP contribution in [0, 0.1) is 0 Å². The Balaban J connectivity index is 1.96. The van der Waals surface area contributed by atoms with Crippen LogP contribution in [-0.4, -0.2) is 28.1 Å². The van der Waals surface area contributed by atoms with E-state index in [1.807, 2.05) is 30.3 Å². The molecule has 134 valence electrons. The highest BCUT2D eigenvalue weighted by atomic mass is 16.6. The molecule has 6 heteroatoms. The summed E-state index contributed by atoms with van der Waals surface area (Å²) in [4.78, 5) is 28.4. The van der Waals surface area contributed by atoms with Crippen LogP contribution < -0.4 is 10.6 Å². The second-order valence-electron chi connectivity index (χ2n) is 7.65. The van der Waals surface area contributed by atoms with Gasteiger partial charge in [0.2, 0.25) is 5.91 Å². The number of fused-ring (bicyclic) bond motifs is 1. The topological polar surface area (TPSA) is 80.3 Å². The SMILES string of the molecule is CC(C)(CC(=O)Nc1ccc2ncccc2c1)NC(=O)OC(C)(C)C. The van der Waals surface area contributed by atoms with Crippen molar-refractivity contribution in [1.29, 1.82) is 0 Å². The largest absolute Gasteiger partial charge is 0.444 e. The van der Waals surface area contributed by atoms with Crippen LogP contribution in [0.15, 0.2) is 36.5 Å². The van der Waals surface area contributed by atoms with Crippen LogP contribution in [0.3, 0.4) is 0 Å². The van der Waals surface area contributed by atoms with Crippen LogP contribution in [0.25, 0.3) is 10.9 Å². The number of hydrogen-bond donors (Lipinski definition) is 2. The van der Waals surface area contributed by atoms with Gasteiger partial charge in [0.05, 0.1) is 5.52 Å². The van der Waals surface area contributed by atoms with Gasteiger partial charge in [0.15, 0.2) is 0 Å². The molecule has 0 radical (unpaired) electrons. The summed E-state index contributed by atoms with van der Waals surface area (Å²) in [5.41, 5.74) is 0.248. The molecule has 0 saturated heterocycles. The van der Waals surface area contributed by atoms with Crippen LogP contribution >= 0.6 is 0 Å². The van der Waals surface area contributed by atoms with Gasteiger partial charge in [-0.05, 0) is 58.9 Å². The fourth-order valence-corrected chi connectivity index (χ4v) is 2.38. The number of benzene rings is 1. The fourth-order valence-electron chi connectivity index (χ4n) is 2.38. The molecular formula is C19H25N3O3. The first-order valence-electron chi connectivity index (χ1n) is 8.20. The van der Waals surface area contributed by atoms with Crippen molar-refractivity contribution in [3.63, 3.8) is 0 Å². The van der Waals surface area contributed by atoms with E-state index in [-0.39, 0.29) is 12.3 Å². The molecule has 1 aromatic heterocycles. The zero-order chi connectivity index (χ0) is 18.7. The molecule has 0 spiro atoms. The number of nitrogens with one attached hydrogen (secondary N) is 2. The maximum absolute atomic E-state index is 12.3. The molecule has 0 aliphatic rings. The number of pyridine rings is 1. The Hall–Kier alpha value is -2.63. The van der Waals surface area contributed by atoms with E-state index in [1.54, 1.807) is 40.8 Å². The van der Waals surface area contributed by atoms with Gasteiger partial charge in [-0.3, -0.25) is 9.78 Å². The van der Waals surface area contributed by atoms with Gasteiger partial charge in [-0.1, -0.05) is 6.07 Å². The summed E-state index contributed by atoms with van der Waals surface area (Å²) in [6.07, 6.45) is 1.31. The van der Waals surface area contributed by atoms with E-state index < -0.39 is 17.2 Å². The molecule has 0 aliphatic heterocycles. The zero-order valence-corrected chi connectivity index (χ0v) is 15.3. The van der Waals surface area contributed by atoms with Crippen LogP contribution in [0.1, 0.15) is 41.0 Å². The molecule has 25 heavy (non-hydrogen) atoms. The predicted octanol–water partition coefficient (Wildman–Crippen LogP) is 3.87. The second-order valence-corrected chi connectivity index (χ2v) is 7.65. The van der Waals surface area contributed by atoms with Crippen LogP contribution in [-0.2, 0) is 9.53 Å². The summed E-state index contributed by atoms with van der Waals surface area (Å²) in [6.45, 7) is 8.93. The van der Waals surface area contributed by atoms with Gasteiger partial charge in [-0.2, -0.15) is 0 Å². The van der Waals surface area contributed by atoms with Crippen LogP contribution in [0.2, 0.25) is 0 Å². The highest BCUT2D eigenvalue weighted by Crippen LogP contribution is 2.18. The lowest BCUT2D eigenvalue weighted by molar-refractivity contribution is -0.117. The molecule has 0 fully saturated rings. The van der Waals surface area contributed by atoms with Crippen molar-refractivity contribution in [2.24, 2.45) is 0 Å². The van der Waals surface area contributed by atoms with E-state index in [9.17, 15) is 9.59 Å². The van der Waals surface area contributed by atoms with Gasteiger partial charge >= 0.3 is 6.09 Å². The molecule has 0 unspecified atom stereocenters. The lowest BCUT2D eigenvalue weighted by Gasteiger charge is -2.28. The Morgan fingerprint density at radius 1 is 1.12 bits per heavy atom. The Kier molecular flexibility index (Phi) is 5.30. The van der Waals surface area contributed by atoms with Crippen LogP contribution in [0.4, 0.5) is 10.5 Å². The first-order valence-corrected chi connectivity index (χ1v) is 8.20. The maximum atomic E-state index is 12.3. The number of alkyl carbamates (subject to hydrolysis) is 1. The molecule has 1 aromatic carbocycles. The minimum absolute atomic E-state index is 0.122.